The van der Waals surface area contributed by atoms with Crippen molar-refractivity contribution in [2.45, 2.75) is 78.7 Å². The maximum Gasteiger partial charge on any atom is 0.268 e. The molecule has 1 aliphatic carbocycles. The molecule has 1 aliphatic rings. The minimum atomic E-state index is -0.556. The molecular weight excluding hydrogens is 374 g/mol. The van der Waals surface area contributed by atoms with Crippen molar-refractivity contribution in [2.75, 3.05) is 5.32 Å². The molecule has 1 heterocycles. The second-order valence-corrected chi connectivity index (χ2v) is 9.15. The lowest BCUT2D eigenvalue weighted by Crippen LogP contribution is -2.44. The summed E-state index contributed by atoms with van der Waals surface area (Å²) in [5, 5.41) is 5.94. The predicted octanol–water partition coefficient (Wildman–Crippen LogP) is 5.02. The van der Waals surface area contributed by atoms with E-state index in [1.807, 2.05) is 30.3 Å². The lowest BCUT2D eigenvalue weighted by atomic mass is 9.76. The summed E-state index contributed by atoms with van der Waals surface area (Å²) < 4.78 is 0. The van der Waals surface area contributed by atoms with Crippen LogP contribution in [0.3, 0.4) is 0 Å². The van der Waals surface area contributed by atoms with E-state index in [1.165, 1.54) is 11.3 Å². The van der Waals surface area contributed by atoms with Crippen molar-refractivity contribution in [3.8, 4) is 0 Å². The van der Waals surface area contributed by atoms with Crippen LogP contribution in [0.15, 0.2) is 30.3 Å². The van der Waals surface area contributed by atoms with Crippen LogP contribution in [0.25, 0.3) is 0 Å². The summed E-state index contributed by atoms with van der Waals surface area (Å²) in [5.41, 5.74) is 5.22. The molecule has 30 heavy (non-hydrogen) atoms. The van der Waals surface area contributed by atoms with Crippen LogP contribution in [0.4, 0.5) is 5.69 Å². The molecular formula is C25H35N3O2. The number of carbonyl (C=O) groups is 2. The van der Waals surface area contributed by atoms with Gasteiger partial charge < -0.3 is 15.6 Å². The first-order valence-electron chi connectivity index (χ1n) is 11.2. The van der Waals surface area contributed by atoms with E-state index in [1.54, 1.807) is 0 Å². The number of hydrogen-bond donors (Lipinski definition) is 3. The number of carbonyl (C=O) groups excluding carboxylic acids is 2. The van der Waals surface area contributed by atoms with Crippen LogP contribution < -0.4 is 10.6 Å². The largest absolute Gasteiger partial charge is 0.354 e. The number of benzene rings is 1. The summed E-state index contributed by atoms with van der Waals surface area (Å²) in [6.45, 7) is 8.73. The van der Waals surface area contributed by atoms with E-state index >= 15 is 0 Å². The number of rotatable bonds is 8. The number of amides is 2. The third kappa shape index (κ3) is 5.13. The number of hydrogen-bond acceptors (Lipinski definition) is 2. The van der Waals surface area contributed by atoms with Crippen LogP contribution >= 0.6 is 0 Å². The highest BCUT2D eigenvalue weighted by atomic mass is 16.2. The normalized spacial score (nSPS) is 15.9. The fourth-order valence-electron chi connectivity index (χ4n) is 4.36. The summed E-state index contributed by atoms with van der Waals surface area (Å²) in [5.74, 6) is -0.345. The molecule has 0 spiro atoms. The van der Waals surface area contributed by atoms with Gasteiger partial charge >= 0.3 is 0 Å². The SMILES string of the molecule is CCCC[C@H](NC(=O)c1[nH]c2c(c1CC)CCC(C)(C)C2)C(=O)Nc1ccccc1. The molecule has 0 bridgehead atoms. The maximum absolute atomic E-state index is 13.2. The van der Waals surface area contributed by atoms with E-state index in [2.05, 4.69) is 43.3 Å². The number of fused-ring (bicyclic) bond motifs is 1. The van der Waals surface area contributed by atoms with Crippen molar-refractivity contribution >= 4 is 17.5 Å². The highest BCUT2D eigenvalue weighted by molar-refractivity contribution is 6.01. The van der Waals surface area contributed by atoms with Gasteiger partial charge in [0.25, 0.3) is 5.91 Å². The molecule has 0 aliphatic heterocycles. The predicted molar refractivity (Wildman–Crippen MR) is 122 cm³/mol. The zero-order chi connectivity index (χ0) is 21.7. The number of aromatic nitrogens is 1. The van der Waals surface area contributed by atoms with E-state index in [4.69, 9.17) is 0 Å². The van der Waals surface area contributed by atoms with Crippen molar-refractivity contribution in [2.24, 2.45) is 5.41 Å². The molecule has 2 aromatic rings. The molecule has 0 saturated heterocycles. The smallest absolute Gasteiger partial charge is 0.268 e. The number of aromatic amines is 1. The summed E-state index contributed by atoms with van der Waals surface area (Å²) in [6, 6.07) is 8.83. The van der Waals surface area contributed by atoms with Crippen LogP contribution in [0.1, 0.15) is 80.7 Å². The highest BCUT2D eigenvalue weighted by Crippen LogP contribution is 2.37. The summed E-state index contributed by atoms with van der Waals surface area (Å²) in [7, 11) is 0. The Bertz CT molecular complexity index is 883. The van der Waals surface area contributed by atoms with Gasteiger partial charge in [-0.05, 0) is 60.8 Å². The number of H-pyrrole nitrogens is 1. The summed E-state index contributed by atoms with van der Waals surface area (Å²) in [4.78, 5) is 29.5. The van der Waals surface area contributed by atoms with Gasteiger partial charge in [-0.15, -0.1) is 0 Å². The fraction of sp³-hybridized carbons (Fsp3) is 0.520. The van der Waals surface area contributed by atoms with Gasteiger partial charge in [-0.1, -0.05) is 58.7 Å². The molecule has 0 fully saturated rings. The zero-order valence-electron chi connectivity index (χ0n) is 18.7. The zero-order valence-corrected chi connectivity index (χ0v) is 18.7. The Morgan fingerprint density at radius 3 is 2.57 bits per heavy atom. The van der Waals surface area contributed by atoms with E-state index in [9.17, 15) is 9.59 Å². The van der Waals surface area contributed by atoms with Gasteiger partial charge in [0.15, 0.2) is 0 Å². The van der Waals surface area contributed by atoms with Crippen molar-refractivity contribution in [3.05, 3.63) is 52.8 Å². The molecule has 0 radical (unpaired) electrons. The summed E-state index contributed by atoms with van der Waals surface area (Å²) >= 11 is 0. The van der Waals surface area contributed by atoms with Crippen molar-refractivity contribution in [3.63, 3.8) is 0 Å². The van der Waals surface area contributed by atoms with Crippen molar-refractivity contribution in [1.29, 1.82) is 0 Å². The highest BCUT2D eigenvalue weighted by Gasteiger charge is 2.31. The van der Waals surface area contributed by atoms with Crippen LogP contribution in [0.2, 0.25) is 0 Å². The van der Waals surface area contributed by atoms with Gasteiger partial charge in [0.1, 0.15) is 11.7 Å². The third-order valence-electron chi connectivity index (χ3n) is 6.10. The Labute approximate surface area is 180 Å². The second kappa shape index (κ2) is 9.50. The molecule has 0 unspecified atom stereocenters. The molecule has 3 rings (SSSR count). The molecule has 5 heteroatoms. The monoisotopic (exact) mass is 409 g/mol. The average molecular weight is 410 g/mol. The van der Waals surface area contributed by atoms with Crippen LogP contribution in [-0.2, 0) is 24.1 Å². The summed E-state index contributed by atoms with van der Waals surface area (Å²) in [6.07, 6.45) is 6.37. The molecule has 162 valence electrons. The second-order valence-electron chi connectivity index (χ2n) is 9.15. The minimum absolute atomic E-state index is 0.168. The fourth-order valence-corrected chi connectivity index (χ4v) is 4.36. The molecule has 2 amide bonds. The number of anilines is 1. The molecule has 1 atom stereocenters. The maximum atomic E-state index is 13.2. The van der Waals surface area contributed by atoms with Crippen molar-refractivity contribution < 1.29 is 9.59 Å². The van der Waals surface area contributed by atoms with Gasteiger partial charge in [0.05, 0.1) is 0 Å². The van der Waals surface area contributed by atoms with E-state index in [0.29, 0.717) is 12.1 Å². The quantitative estimate of drug-likeness (QED) is 0.573. The minimum Gasteiger partial charge on any atom is -0.354 e. The Kier molecular flexibility index (Phi) is 7.01. The van der Waals surface area contributed by atoms with Gasteiger partial charge in [-0.3, -0.25) is 9.59 Å². The van der Waals surface area contributed by atoms with Crippen molar-refractivity contribution in [1.82, 2.24) is 10.3 Å². The van der Waals surface area contributed by atoms with E-state index in [0.717, 1.165) is 49.8 Å². The number of unbranched alkanes of at least 4 members (excludes halogenated alkanes) is 1. The topological polar surface area (TPSA) is 74.0 Å². The lowest BCUT2D eigenvalue weighted by molar-refractivity contribution is -0.118. The molecule has 3 N–H and O–H groups in total. The van der Waals surface area contributed by atoms with Crippen LogP contribution in [0, 0.1) is 5.41 Å². The number of para-hydroxylation sites is 1. The molecule has 0 saturated carbocycles. The van der Waals surface area contributed by atoms with Gasteiger partial charge in [0, 0.05) is 11.4 Å². The van der Waals surface area contributed by atoms with E-state index < -0.39 is 6.04 Å². The van der Waals surface area contributed by atoms with E-state index in [-0.39, 0.29) is 17.2 Å². The standard InChI is InChI=1S/C25H35N3O2/c1-5-7-13-20(23(29)26-17-11-9-8-10-12-17)28-24(30)22-18(6-2)19-14-15-25(3,4)16-21(19)27-22/h8-12,20,27H,5-7,13-16H2,1-4H3,(H,26,29)(H,28,30)/t20-/m0/s1. The van der Waals surface area contributed by atoms with Crippen LogP contribution in [0.5, 0.6) is 0 Å². The average Bonchev–Trinajstić information content (AvgIpc) is 3.08. The van der Waals surface area contributed by atoms with Gasteiger partial charge in [0.2, 0.25) is 5.91 Å². The first kappa shape index (κ1) is 22.1. The Balaban J connectivity index is 1.78. The Morgan fingerprint density at radius 1 is 1.17 bits per heavy atom. The molecule has 5 nitrogen and oxygen atoms in total. The third-order valence-corrected chi connectivity index (χ3v) is 6.10. The first-order chi connectivity index (χ1) is 14.3. The number of nitrogens with one attached hydrogen (secondary N) is 3. The Hall–Kier alpha value is -2.56. The van der Waals surface area contributed by atoms with Gasteiger partial charge in [-0.2, -0.15) is 0 Å². The van der Waals surface area contributed by atoms with Gasteiger partial charge in [-0.25, -0.2) is 0 Å². The lowest BCUT2D eigenvalue weighted by Gasteiger charge is -2.29. The first-order valence-corrected chi connectivity index (χ1v) is 11.2. The van der Waals surface area contributed by atoms with Crippen LogP contribution in [-0.4, -0.2) is 22.8 Å². The Morgan fingerprint density at radius 2 is 1.90 bits per heavy atom. The molecule has 1 aromatic carbocycles. The molecule has 1 aromatic heterocycles.